The number of esters is 5. The van der Waals surface area contributed by atoms with E-state index in [1.165, 1.54) is 114 Å². The summed E-state index contributed by atoms with van der Waals surface area (Å²) in [6, 6.07) is 22.6. The quantitative estimate of drug-likeness (QED) is 0.00829. The number of carbonyl (C=O) groups is 8. The maximum absolute atomic E-state index is 12.1. The van der Waals surface area contributed by atoms with Crippen LogP contribution in [0.1, 0.15) is 211 Å². The van der Waals surface area contributed by atoms with Crippen LogP contribution in [-0.2, 0) is 86.9 Å². The number of aliphatic hydroxyl groups excluding tert-OH is 2. The molecule has 3 aliphatic rings. The van der Waals surface area contributed by atoms with Crippen molar-refractivity contribution >= 4 is 164 Å². The third-order valence-electron chi connectivity index (χ3n) is 18.0. The Balaban J connectivity index is 0.000000247. The second-order valence-corrected chi connectivity index (χ2v) is 42.5. The molecule has 142 heavy (non-hydrogen) atoms. The number of hydrogen-bond acceptors (Lipinski definition) is 40. The number of hydrogen-bond donors (Lipinski definition) is 2. The van der Waals surface area contributed by atoms with E-state index >= 15 is 0 Å². The molecule has 10 aromatic heterocycles. The largest absolute Gasteiger partial charge is 0.460 e. The number of rotatable bonds is 24. The first kappa shape index (κ1) is 120. The van der Waals surface area contributed by atoms with Gasteiger partial charge in [0.25, 0.3) is 16.7 Å². The van der Waals surface area contributed by atoms with Crippen LogP contribution in [0.4, 0.5) is 0 Å². The first-order chi connectivity index (χ1) is 66.8. The summed E-state index contributed by atoms with van der Waals surface area (Å²) in [6.45, 7) is 33.2. The molecule has 38 nitrogen and oxygen atoms in total. The molecule has 14 rings (SSSR count). The van der Waals surface area contributed by atoms with Crippen molar-refractivity contribution in [3.63, 3.8) is 0 Å². The zero-order valence-electron chi connectivity index (χ0n) is 84.0. The molecule has 0 amide bonds. The fourth-order valence-corrected chi connectivity index (χ4v) is 16.4. The molecule has 0 fully saturated rings. The highest BCUT2D eigenvalue weighted by Crippen LogP contribution is 2.30. The minimum atomic E-state index is -0.964. The van der Waals surface area contributed by atoms with Crippen LogP contribution < -0.4 is 16.7 Å². The van der Waals surface area contributed by atoms with Gasteiger partial charge in [0.05, 0.1) is 52.7 Å². The Morgan fingerprint density at radius 3 is 1.03 bits per heavy atom. The van der Waals surface area contributed by atoms with Gasteiger partial charge in [0, 0.05) is 112 Å². The van der Waals surface area contributed by atoms with Crippen molar-refractivity contribution in [3.8, 4) is 34.2 Å². The highest BCUT2D eigenvalue weighted by Gasteiger charge is 2.29. The average Bonchev–Trinajstić information content (AvgIpc) is 1.57. The standard InChI is InChI=1S/2C12H18N2O3S.2C12H16N2O3S.C11H11IN4OS.2C11H12N4OS.C8H8OS.C6H12O2/c4*1-12(2,3)17-10(16)7-9(15)8-5-6-13-11(14-8)18-4;1-18-11-13-4-3-7(14-11)9-8(12)10(17)16-6-2-5-15(9)16;2*1-17-11-12-4-3-8(13-11)9-7-10(16)15-6-2-5-14(9)15;1-10-8-4-2-3-7(5-8)6-9;1-5(7)8-6(2,3)4/h2*5-6,9,15H,7H2,1-4H3;2*5-6H,7H2,1-4H3;3-4H,2,5-6H2,1H3;2*3-4,7H,2,5-6H2,1H3;2-6H,1H3;1-4H3. The SMILES string of the molecule is CC(=O)OC(C)(C)C.CSc1cccc(C=O)c1.CSc1nccc(-c2c(I)c(=O)n3n2CCC3)n1.CSc1nccc(-c2cc(=O)n3n2CCC3)n1.CSc1nccc(-c2cc(=O)n3n2CCC3)n1.CSc1nccc(C(=O)CC(=O)OC(C)(C)C)n1.CSc1nccc(C(=O)CC(=O)OC(C)(C)C)n1.CSc1nccc(C(O)CC(=O)OC(C)(C)C)n1.CSc1nccc(C(O)CC(=O)OC(C)(C)C)n1. The Hall–Kier alpha value is -10.4. The number of nitrogens with zero attached hydrogens (tertiary/aromatic N) is 20. The summed E-state index contributed by atoms with van der Waals surface area (Å²) in [5, 5.41) is 24.1. The molecule has 0 saturated carbocycles. The molecule has 1 aromatic carbocycles. The minimum Gasteiger partial charge on any atom is -0.460 e. The summed E-state index contributed by atoms with van der Waals surface area (Å²) in [7, 11) is 0. The van der Waals surface area contributed by atoms with E-state index in [2.05, 4.69) is 92.4 Å². The zero-order chi connectivity index (χ0) is 106. The summed E-state index contributed by atoms with van der Waals surface area (Å²) < 4.78 is 37.4. The normalized spacial score (nSPS) is 12.5. The van der Waals surface area contributed by atoms with Gasteiger partial charge in [-0.1, -0.05) is 94.5 Å². The maximum atomic E-state index is 12.1. The number of carbonyl (C=O) groups excluding carboxylic acids is 8. The Bertz CT molecular complexity index is 5990. The van der Waals surface area contributed by atoms with E-state index in [0.717, 1.165) is 128 Å². The van der Waals surface area contributed by atoms with Gasteiger partial charge in [-0.05, 0) is 250 Å². The Morgan fingerprint density at radius 2 is 0.690 bits per heavy atom. The van der Waals surface area contributed by atoms with Crippen molar-refractivity contribution in [3.05, 3.63) is 185 Å². The van der Waals surface area contributed by atoms with Gasteiger partial charge in [0.15, 0.2) is 47.7 Å². The minimum absolute atomic E-state index is 0.0572. The van der Waals surface area contributed by atoms with Crippen molar-refractivity contribution in [1.29, 1.82) is 0 Å². The molecule has 2 atom stereocenters. The summed E-state index contributed by atoms with van der Waals surface area (Å²) >= 11 is 13.7. The highest BCUT2D eigenvalue weighted by molar-refractivity contribution is 14.1. The van der Waals surface area contributed by atoms with Gasteiger partial charge in [0.2, 0.25) is 0 Å². The van der Waals surface area contributed by atoms with Crippen LogP contribution in [0.2, 0.25) is 0 Å². The molecule has 766 valence electrons. The van der Waals surface area contributed by atoms with Crippen molar-refractivity contribution in [1.82, 2.24) is 97.9 Å². The maximum Gasteiger partial charge on any atom is 0.314 e. The van der Waals surface area contributed by atoms with Crippen LogP contribution in [0.15, 0.2) is 178 Å². The molecule has 0 aliphatic carbocycles. The van der Waals surface area contributed by atoms with E-state index in [9.17, 15) is 63.0 Å². The monoisotopic (exact) mass is 2210 g/mol. The Morgan fingerprint density at radius 1 is 0.380 bits per heavy atom. The van der Waals surface area contributed by atoms with E-state index in [-0.39, 0.29) is 76.9 Å². The number of halogens is 1. The third kappa shape index (κ3) is 41.8. The lowest BCUT2D eigenvalue weighted by Gasteiger charge is -2.20. The fourth-order valence-electron chi connectivity index (χ4n) is 12.6. The molecule has 0 bridgehead atoms. The topological polar surface area (TPSA) is 484 Å². The Kier molecular flexibility index (Phi) is 49.1. The number of aromatic nitrogens is 20. The number of aliphatic hydroxyl groups is 2. The number of aldehydes is 1. The number of fused-ring (bicyclic) bond motifs is 3. The highest BCUT2D eigenvalue weighted by atomic mass is 127. The molecule has 11 aromatic rings. The molecule has 47 heteroatoms. The second-order valence-electron chi connectivity index (χ2n) is 35.2. The number of ketones is 2. The first-order valence-corrected chi connectivity index (χ1v) is 55.0. The molecule has 13 heterocycles. The summed E-state index contributed by atoms with van der Waals surface area (Å²) in [6.07, 6.45) is 27.6. The van der Waals surface area contributed by atoms with Gasteiger partial charge in [-0.3, -0.25) is 76.1 Å². The van der Waals surface area contributed by atoms with Crippen LogP contribution >= 0.6 is 117 Å². The molecule has 0 saturated heterocycles. The van der Waals surface area contributed by atoms with Crippen LogP contribution in [-0.4, -0.2) is 234 Å². The summed E-state index contributed by atoms with van der Waals surface area (Å²) in [4.78, 5) is 185. The lowest BCUT2D eigenvalue weighted by molar-refractivity contribution is -0.158. The number of Topliss-reactive ketones (excluding diaryl/α,β-unsaturated/α-hetero) is 2. The van der Waals surface area contributed by atoms with Crippen LogP contribution in [0.5, 0.6) is 0 Å². The van der Waals surface area contributed by atoms with Crippen molar-refractivity contribution in [2.45, 2.75) is 276 Å². The lowest BCUT2D eigenvalue weighted by atomic mass is 10.1. The van der Waals surface area contributed by atoms with Crippen molar-refractivity contribution < 1.29 is 72.3 Å². The third-order valence-corrected chi connectivity index (χ3v) is 23.7. The second kappa shape index (κ2) is 57.9. The predicted molar refractivity (Wildman–Crippen MR) is 562 cm³/mol. The van der Waals surface area contributed by atoms with Gasteiger partial charge in [-0.15, -0.1) is 11.8 Å². The predicted octanol–water partition coefficient (Wildman–Crippen LogP) is 16.0. The molecule has 0 spiro atoms. The smallest absolute Gasteiger partial charge is 0.314 e. The summed E-state index contributed by atoms with van der Waals surface area (Å²) in [5.74, 6) is -2.92. The van der Waals surface area contributed by atoms with E-state index in [0.29, 0.717) is 32.0 Å². The number of ether oxygens (including phenoxy) is 5. The van der Waals surface area contributed by atoms with Gasteiger partial charge < -0.3 is 33.9 Å². The number of benzene rings is 1. The van der Waals surface area contributed by atoms with E-state index in [4.69, 9.17) is 23.7 Å². The first-order valence-electron chi connectivity index (χ1n) is 44.1. The molecular weight excluding hydrogens is 2090 g/mol. The van der Waals surface area contributed by atoms with Gasteiger partial charge in [-0.25, -0.2) is 74.5 Å². The molecule has 2 N–H and O–H groups in total. The van der Waals surface area contributed by atoms with E-state index < -0.39 is 58.5 Å². The van der Waals surface area contributed by atoms with Crippen LogP contribution in [0.25, 0.3) is 34.2 Å². The van der Waals surface area contributed by atoms with Crippen LogP contribution in [0.3, 0.4) is 0 Å². The van der Waals surface area contributed by atoms with Gasteiger partial charge >= 0.3 is 29.8 Å². The van der Waals surface area contributed by atoms with E-state index in [1.54, 1.807) is 170 Å². The Labute approximate surface area is 873 Å². The summed E-state index contributed by atoms with van der Waals surface area (Å²) in [5.41, 5.74) is 4.86. The number of thioether (sulfide) groups is 8. The van der Waals surface area contributed by atoms with Gasteiger partial charge in [0.1, 0.15) is 80.0 Å². The van der Waals surface area contributed by atoms with Gasteiger partial charge in [-0.2, -0.15) is 0 Å². The van der Waals surface area contributed by atoms with Crippen molar-refractivity contribution in [2.75, 3.05) is 50.0 Å². The lowest BCUT2D eigenvalue weighted by Crippen LogP contribution is -2.25. The fraction of sp³-hybridized carbons (Fsp3) is 0.463. The molecule has 3 aliphatic heterocycles. The van der Waals surface area contributed by atoms with Crippen molar-refractivity contribution in [2.24, 2.45) is 0 Å². The zero-order valence-corrected chi connectivity index (χ0v) is 92.7. The molecule has 2 unspecified atom stereocenters. The average molecular weight is 2220 g/mol. The molecule has 0 radical (unpaired) electrons. The van der Waals surface area contributed by atoms with E-state index in [1.807, 2.05) is 121 Å². The molecular formula is C95H123IN20O18S8. The van der Waals surface area contributed by atoms with Crippen LogP contribution in [0, 0.1) is 3.57 Å².